The Morgan fingerprint density at radius 1 is 1.20 bits per heavy atom. The van der Waals surface area contributed by atoms with E-state index in [0.717, 1.165) is 18.9 Å². The maximum absolute atomic E-state index is 15.4. The van der Waals surface area contributed by atoms with Crippen molar-refractivity contribution >= 4 is 40.3 Å². The fraction of sp³-hybridized carbons (Fsp3) is 0.560. The molecule has 2 fully saturated rings. The van der Waals surface area contributed by atoms with Gasteiger partial charge in [0.15, 0.2) is 0 Å². The highest BCUT2D eigenvalue weighted by atomic mass is 35.5. The summed E-state index contributed by atoms with van der Waals surface area (Å²) in [6, 6.07) is 1.12. The molecular formula is C25H31ClFN3O5. The molecule has 35 heavy (non-hydrogen) atoms. The zero-order chi connectivity index (χ0) is 25.9. The molecule has 1 atom stereocenters. The van der Waals surface area contributed by atoms with E-state index in [4.69, 9.17) is 16.3 Å². The molecule has 1 aromatic carbocycles. The van der Waals surface area contributed by atoms with Gasteiger partial charge in [0.2, 0.25) is 5.43 Å². The molecule has 8 nitrogen and oxygen atoms in total. The van der Waals surface area contributed by atoms with Gasteiger partial charge in [-0.15, -0.1) is 0 Å². The number of benzene rings is 1. The van der Waals surface area contributed by atoms with Gasteiger partial charge in [-0.2, -0.15) is 0 Å². The first-order valence-electron chi connectivity index (χ1n) is 11.8. The van der Waals surface area contributed by atoms with E-state index in [2.05, 4.69) is 5.32 Å². The van der Waals surface area contributed by atoms with Gasteiger partial charge in [0, 0.05) is 36.8 Å². The lowest BCUT2D eigenvalue weighted by atomic mass is 9.87. The molecule has 2 heterocycles. The van der Waals surface area contributed by atoms with Crippen LogP contribution in [-0.4, -0.2) is 46.0 Å². The zero-order valence-corrected chi connectivity index (χ0v) is 21.3. The van der Waals surface area contributed by atoms with Gasteiger partial charge in [0.05, 0.1) is 21.6 Å². The minimum absolute atomic E-state index is 0.0128. The van der Waals surface area contributed by atoms with Gasteiger partial charge in [-0.05, 0) is 59.9 Å². The number of carbonyl (C=O) groups excluding carboxylic acids is 1. The van der Waals surface area contributed by atoms with E-state index in [0.29, 0.717) is 25.0 Å². The van der Waals surface area contributed by atoms with Crippen molar-refractivity contribution in [1.82, 2.24) is 9.88 Å². The second-order valence-electron chi connectivity index (χ2n) is 11.0. The average Bonchev–Trinajstić information content (AvgIpc) is 3.43. The third-order valence-electron chi connectivity index (χ3n) is 6.70. The predicted molar refractivity (Wildman–Crippen MR) is 132 cm³/mol. The van der Waals surface area contributed by atoms with E-state index < -0.39 is 40.0 Å². The number of rotatable bonds is 5. The predicted octanol–water partition coefficient (Wildman–Crippen LogP) is 4.96. The van der Waals surface area contributed by atoms with Crippen molar-refractivity contribution in [2.24, 2.45) is 5.92 Å². The smallest absolute Gasteiger partial charge is 0.408 e. The Bertz CT molecular complexity index is 1260. The van der Waals surface area contributed by atoms with Crippen molar-refractivity contribution in [2.75, 3.05) is 18.0 Å². The molecule has 0 bridgehead atoms. The summed E-state index contributed by atoms with van der Waals surface area (Å²) in [5.41, 5.74) is -1.85. The normalized spacial score (nSPS) is 18.7. The van der Waals surface area contributed by atoms with Crippen LogP contribution >= 0.6 is 11.6 Å². The molecule has 0 radical (unpaired) electrons. The zero-order valence-electron chi connectivity index (χ0n) is 20.6. The van der Waals surface area contributed by atoms with Crippen molar-refractivity contribution in [2.45, 2.75) is 71.1 Å². The number of amides is 1. The van der Waals surface area contributed by atoms with Crippen LogP contribution in [0.2, 0.25) is 5.02 Å². The molecule has 1 aliphatic heterocycles. The molecule has 1 aromatic heterocycles. The molecule has 2 aliphatic rings. The molecule has 2 aromatic rings. The minimum atomic E-state index is -1.35. The van der Waals surface area contributed by atoms with Gasteiger partial charge < -0.3 is 24.6 Å². The van der Waals surface area contributed by atoms with Gasteiger partial charge >= 0.3 is 12.1 Å². The van der Waals surface area contributed by atoms with E-state index in [1.54, 1.807) is 25.3 Å². The van der Waals surface area contributed by atoms with Crippen LogP contribution in [0.25, 0.3) is 10.9 Å². The molecule has 1 amide bonds. The number of fused-ring (bicyclic) bond motifs is 1. The van der Waals surface area contributed by atoms with Crippen LogP contribution in [0.1, 0.15) is 70.3 Å². The summed E-state index contributed by atoms with van der Waals surface area (Å²) in [5.74, 6) is -2.04. The number of pyridine rings is 1. The van der Waals surface area contributed by atoms with Crippen molar-refractivity contribution in [1.29, 1.82) is 0 Å². The molecule has 190 valence electrons. The van der Waals surface area contributed by atoms with Crippen molar-refractivity contribution in [3.63, 3.8) is 0 Å². The summed E-state index contributed by atoms with van der Waals surface area (Å²) in [4.78, 5) is 38.6. The SMILES string of the molecule is CC(C)(C)OC(=O)NC(C)(C)[C@@H]1CCN(c2c(F)cc3c(=O)c(C(=O)O)cn(C4CC4)c3c2Cl)C1. The first-order valence-corrected chi connectivity index (χ1v) is 12.1. The van der Waals surface area contributed by atoms with E-state index in [1.807, 2.05) is 18.7 Å². The molecule has 0 unspecified atom stereocenters. The number of hydrogen-bond donors (Lipinski definition) is 2. The average molecular weight is 508 g/mol. The highest BCUT2D eigenvalue weighted by Crippen LogP contribution is 2.43. The van der Waals surface area contributed by atoms with Crippen LogP contribution in [0.15, 0.2) is 17.1 Å². The summed E-state index contributed by atoms with van der Waals surface area (Å²) in [6.45, 7) is 10.1. The van der Waals surface area contributed by atoms with Gasteiger partial charge in [-0.25, -0.2) is 14.0 Å². The summed E-state index contributed by atoms with van der Waals surface area (Å²) in [7, 11) is 0. The van der Waals surface area contributed by atoms with Gasteiger partial charge in [-0.3, -0.25) is 4.79 Å². The summed E-state index contributed by atoms with van der Waals surface area (Å²) in [6.07, 6.45) is 3.15. The van der Waals surface area contributed by atoms with Gasteiger partial charge in [-0.1, -0.05) is 11.6 Å². The van der Waals surface area contributed by atoms with Gasteiger partial charge in [0.1, 0.15) is 17.0 Å². The van der Waals surface area contributed by atoms with Crippen LogP contribution < -0.4 is 15.6 Å². The number of ether oxygens (including phenoxy) is 1. The van der Waals surface area contributed by atoms with Crippen molar-refractivity contribution in [3.8, 4) is 0 Å². The highest BCUT2D eigenvalue weighted by molar-refractivity contribution is 6.38. The number of anilines is 1. The van der Waals surface area contributed by atoms with Crippen LogP contribution in [-0.2, 0) is 4.74 Å². The Morgan fingerprint density at radius 2 is 1.86 bits per heavy atom. The van der Waals surface area contributed by atoms with E-state index in [1.165, 1.54) is 6.20 Å². The highest BCUT2D eigenvalue weighted by Gasteiger charge is 2.39. The number of nitrogens with zero attached hydrogens (tertiary/aromatic N) is 2. The largest absolute Gasteiger partial charge is 0.477 e. The monoisotopic (exact) mass is 507 g/mol. The third kappa shape index (κ3) is 4.96. The Morgan fingerprint density at radius 3 is 2.43 bits per heavy atom. The lowest BCUT2D eigenvalue weighted by molar-refractivity contribution is 0.0441. The molecule has 1 aliphatic carbocycles. The number of alkyl carbamates (subject to hydrolysis) is 1. The quantitative estimate of drug-likeness (QED) is 0.593. The first-order chi connectivity index (χ1) is 16.2. The number of hydrogen-bond acceptors (Lipinski definition) is 5. The molecule has 0 spiro atoms. The molecule has 10 heteroatoms. The van der Waals surface area contributed by atoms with E-state index in [9.17, 15) is 19.5 Å². The number of carboxylic acid groups (broad SMARTS) is 1. The number of aromatic carboxylic acids is 1. The van der Waals surface area contributed by atoms with Crippen LogP contribution in [0, 0.1) is 11.7 Å². The second kappa shape index (κ2) is 8.69. The molecular weight excluding hydrogens is 477 g/mol. The molecule has 1 saturated carbocycles. The third-order valence-corrected chi connectivity index (χ3v) is 7.06. The summed E-state index contributed by atoms with van der Waals surface area (Å²) in [5, 5.41) is 12.4. The van der Waals surface area contributed by atoms with Crippen LogP contribution in [0.4, 0.5) is 14.9 Å². The Labute approximate surface area is 208 Å². The van der Waals surface area contributed by atoms with Crippen LogP contribution in [0.3, 0.4) is 0 Å². The first kappa shape index (κ1) is 25.3. The van der Waals surface area contributed by atoms with E-state index >= 15 is 4.39 Å². The summed E-state index contributed by atoms with van der Waals surface area (Å²) >= 11 is 6.75. The maximum Gasteiger partial charge on any atom is 0.408 e. The standard InChI is InChI=1S/C25H31ClFN3O5/c1-24(2,3)35-23(34)28-25(4,5)13-8-9-29(11-13)20-17(27)10-15-19(18(20)26)30(14-6-7-14)12-16(21(15)31)22(32)33/h10,12-14H,6-9,11H2,1-5H3,(H,28,34)(H,32,33)/t13-/m1/s1. The lowest BCUT2D eigenvalue weighted by Crippen LogP contribution is -2.51. The Hall–Kier alpha value is -2.81. The lowest BCUT2D eigenvalue weighted by Gasteiger charge is -2.34. The molecule has 4 rings (SSSR count). The number of carbonyl (C=O) groups is 2. The van der Waals surface area contributed by atoms with Gasteiger partial charge in [0.25, 0.3) is 0 Å². The van der Waals surface area contributed by atoms with Crippen molar-refractivity contribution in [3.05, 3.63) is 38.9 Å². The fourth-order valence-electron chi connectivity index (χ4n) is 4.74. The number of halogens is 2. The fourth-order valence-corrected chi connectivity index (χ4v) is 5.14. The molecule has 1 saturated heterocycles. The minimum Gasteiger partial charge on any atom is -0.477 e. The Balaban J connectivity index is 1.68. The number of aromatic nitrogens is 1. The number of nitrogens with one attached hydrogen (secondary N) is 1. The molecule has 2 N–H and O–H groups in total. The summed E-state index contributed by atoms with van der Waals surface area (Å²) < 4.78 is 22.5. The van der Waals surface area contributed by atoms with Crippen LogP contribution in [0.5, 0.6) is 0 Å². The van der Waals surface area contributed by atoms with Crippen molar-refractivity contribution < 1.29 is 23.8 Å². The number of carboxylic acids is 1. The topological polar surface area (TPSA) is 101 Å². The Kier molecular flexibility index (Phi) is 6.28. The second-order valence-corrected chi connectivity index (χ2v) is 11.4. The maximum atomic E-state index is 15.4. The van der Waals surface area contributed by atoms with E-state index in [-0.39, 0.29) is 28.1 Å².